The number of fused-ring (bicyclic) bond motifs is 2. The number of rotatable bonds is 2. The Morgan fingerprint density at radius 2 is 2.00 bits per heavy atom. The van der Waals surface area contributed by atoms with Crippen molar-refractivity contribution < 1.29 is 25.8 Å². The second-order valence-electron chi connectivity index (χ2n) is 4.20. The van der Waals surface area contributed by atoms with Gasteiger partial charge in [-0.25, -0.2) is 0 Å². The van der Waals surface area contributed by atoms with E-state index in [4.69, 9.17) is 0 Å². The molecule has 0 N–H and O–H groups in total. The predicted octanol–water partition coefficient (Wildman–Crippen LogP) is 2.56. The molecule has 0 aromatic rings. The van der Waals surface area contributed by atoms with Gasteiger partial charge < -0.3 is 4.18 Å². The quantitative estimate of drug-likeness (QED) is 0.563. The molecule has 0 unspecified atom stereocenters. The Bertz CT molecular complexity index is 410. The lowest BCUT2D eigenvalue weighted by Crippen LogP contribution is -2.27. The van der Waals surface area contributed by atoms with E-state index < -0.39 is 15.6 Å². The van der Waals surface area contributed by atoms with Crippen molar-refractivity contribution in [1.29, 1.82) is 0 Å². The molecule has 3 nitrogen and oxygen atoms in total. The first-order chi connectivity index (χ1) is 7.29. The van der Waals surface area contributed by atoms with Crippen molar-refractivity contribution in [3.63, 3.8) is 0 Å². The summed E-state index contributed by atoms with van der Waals surface area (Å²) in [7, 11) is -5.49. The number of hydrogen-bond acceptors (Lipinski definition) is 3. The lowest BCUT2D eigenvalue weighted by atomic mass is 9.94. The van der Waals surface area contributed by atoms with Crippen LogP contribution in [-0.2, 0) is 14.3 Å². The molecule has 2 rings (SSSR count). The molecular formula is C9H11F3O3S. The Kier molecular flexibility index (Phi) is 2.68. The molecule has 92 valence electrons. The second kappa shape index (κ2) is 3.65. The van der Waals surface area contributed by atoms with Gasteiger partial charge in [0.25, 0.3) is 0 Å². The van der Waals surface area contributed by atoms with Gasteiger partial charge in [-0.15, -0.1) is 0 Å². The minimum atomic E-state index is -5.49. The van der Waals surface area contributed by atoms with Crippen LogP contribution in [0.15, 0.2) is 11.8 Å². The van der Waals surface area contributed by atoms with Gasteiger partial charge >= 0.3 is 15.6 Å². The minimum Gasteiger partial charge on any atom is -0.381 e. The average molecular weight is 256 g/mol. The van der Waals surface area contributed by atoms with Crippen molar-refractivity contribution in [2.24, 2.45) is 11.8 Å². The molecule has 7 heteroatoms. The van der Waals surface area contributed by atoms with Crippen molar-refractivity contribution in [3.8, 4) is 0 Å². The second-order valence-corrected chi connectivity index (χ2v) is 5.74. The molecule has 0 aromatic heterocycles. The summed E-state index contributed by atoms with van der Waals surface area (Å²) in [6.07, 6.45) is 4.47. The molecule has 0 aliphatic heterocycles. The number of halogens is 3. The Hall–Kier alpha value is -0.720. The summed E-state index contributed by atoms with van der Waals surface area (Å²) in [5.74, 6) is 0.299. The fourth-order valence-corrected chi connectivity index (χ4v) is 2.82. The van der Waals surface area contributed by atoms with E-state index in [9.17, 15) is 21.6 Å². The standard InChI is InChI=1S/C9H11F3O3S/c10-9(11,12)16(13,14)15-8-4-2-6-1-3-7(8)5-6/h4,6-7H,1-3,5H2/t6-,7-/m1/s1. The van der Waals surface area contributed by atoms with E-state index in [1.807, 2.05) is 0 Å². The SMILES string of the molecule is O=S(=O)(OC1=CC[C@H]2CC[C@@H]1C2)C(F)(F)F. The summed E-state index contributed by atoms with van der Waals surface area (Å²) in [5, 5.41) is 0. The zero-order valence-electron chi connectivity index (χ0n) is 8.33. The predicted molar refractivity (Wildman–Crippen MR) is 49.6 cm³/mol. The Balaban J connectivity index is 2.14. The lowest BCUT2D eigenvalue weighted by molar-refractivity contribution is -0.0527. The molecular weight excluding hydrogens is 245 g/mol. The van der Waals surface area contributed by atoms with Crippen LogP contribution in [-0.4, -0.2) is 13.9 Å². The normalized spacial score (nSPS) is 30.1. The molecule has 1 fully saturated rings. The van der Waals surface area contributed by atoms with Crippen LogP contribution in [0.4, 0.5) is 13.2 Å². The Morgan fingerprint density at radius 3 is 2.62 bits per heavy atom. The van der Waals surface area contributed by atoms with Crippen LogP contribution < -0.4 is 0 Å². The van der Waals surface area contributed by atoms with E-state index in [2.05, 4.69) is 4.18 Å². The highest BCUT2D eigenvalue weighted by Crippen LogP contribution is 2.43. The largest absolute Gasteiger partial charge is 0.534 e. The van der Waals surface area contributed by atoms with Crippen LogP contribution >= 0.6 is 0 Å². The van der Waals surface area contributed by atoms with Gasteiger partial charge in [-0.05, 0) is 37.7 Å². The highest BCUT2D eigenvalue weighted by molar-refractivity contribution is 7.87. The Labute approximate surface area is 91.4 Å². The molecule has 0 saturated heterocycles. The van der Waals surface area contributed by atoms with Gasteiger partial charge in [0.05, 0.1) is 0 Å². The molecule has 0 radical (unpaired) electrons. The summed E-state index contributed by atoms with van der Waals surface area (Å²) in [6, 6.07) is 0. The van der Waals surface area contributed by atoms with Crippen LogP contribution in [0.5, 0.6) is 0 Å². The fourth-order valence-electron chi connectivity index (χ4n) is 2.27. The van der Waals surface area contributed by atoms with Crippen LogP contribution in [0.1, 0.15) is 25.7 Å². The number of allylic oxidation sites excluding steroid dienone is 2. The molecule has 16 heavy (non-hydrogen) atoms. The van der Waals surface area contributed by atoms with E-state index in [0.717, 1.165) is 12.8 Å². The topological polar surface area (TPSA) is 43.4 Å². The van der Waals surface area contributed by atoms with Crippen molar-refractivity contribution in [3.05, 3.63) is 11.8 Å². The summed E-state index contributed by atoms with van der Waals surface area (Å²) in [4.78, 5) is 0. The molecule has 0 aromatic carbocycles. The van der Waals surface area contributed by atoms with E-state index in [0.29, 0.717) is 18.8 Å². The summed E-state index contributed by atoms with van der Waals surface area (Å²) in [5.41, 5.74) is -5.34. The minimum absolute atomic E-state index is 0.0222. The zero-order valence-corrected chi connectivity index (χ0v) is 9.14. The summed E-state index contributed by atoms with van der Waals surface area (Å²) in [6.45, 7) is 0. The van der Waals surface area contributed by atoms with Gasteiger partial charge in [0.2, 0.25) is 0 Å². The molecule has 1 saturated carbocycles. The van der Waals surface area contributed by atoms with Crippen LogP contribution in [0.2, 0.25) is 0 Å². The zero-order chi connectivity index (χ0) is 12.0. The maximum atomic E-state index is 12.1. The Morgan fingerprint density at radius 1 is 1.31 bits per heavy atom. The van der Waals surface area contributed by atoms with Gasteiger partial charge in [0.1, 0.15) is 5.76 Å². The van der Waals surface area contributed by atoms with E-state index >= 15 is 0 Å². The first kappa shape index (κ1) is 11.8. The van der Waals surface area contributed by atoms with E-state index in [1.165, 1.54) is 6.08 Å². The molecule has 2 atom stereocenters. The van der Waals surface area contributed by atoms with Crippen LogP contribution in [0.25, 0.3) is 0 Å². The molecule has 0 spiro atoms. The van der Waals surface area contributed by atoms with Crippen molar-refractivity contribution in [1.82, 2.24) is 0 Å². The molecule has 2 aliphatic carbocycles. The van der Waals surface area contributed by atoms with Crippen LogP contribution in [0, 0.1) is 11.8 Å². The number of alkyl halides is 3. The van der Waals surface area contributed by atoms with Gasteiger partial charge in [-0.2, -0.15) is 21.6 Å². The first-order valence-corrected chi connectivity index (χ1v) is 6.41. The third-order valence-electron chi connectivity index (χ3n) is 3.09. The maximum absolute atomic E-state index is 12.1. The average Bonchev–Trinajstić information content (AvgIpc) is 2.52. The fraction of sp³-hybridized carbons (Fsp3) is 0.778. The van der Waals surface area contributed by atoms with Crippen molar-refractivity contribution in [2.75, 3.05) is 0 Å². The van der Waals surface area contributed by atoms with Gasteiger partial charge in [0, 0.05) is 5.92 Å². The third kappa shape index (κ3) is 2.05. The van der Waals surface area contributed by atoms with Gasteiger partial charge in [-0.1, -0.05) is 0 Å². The smallest absolute Gasteiger partial charge is 0.381 e. The maximum Gasteiger partial charge on any atom is 0.534 e. The van der Waals surface area contributed by atoms with Gasteiger partial charge in [0.15, 0.2) is 0 Å². The summed E-state index contributed by atoms with van der Waals surface area (Å²) >= 11 is 0. The first-order valence-electron chi connectivity index (χ1n) is 5.00. The van der Waals surface area contributed by atoms with E-state index in [1.54, 1.807) is 0 Å². The molecule has 2 aliphatic rings. The monoisotopic (exact) mass is 256 g/mol. The molecule has 0 amide bonds. The molecule has 2 bridgehead atoms. The van der Waals surface area contributed by atoms with Gasteiger partial charge in [-0.3, -0.25) is 0 Å². The van der Waals surface area contributed by atoms with E-state index in [-0.39, 0.29) is 11.7 Å². The lowest BCUT2D eigenvalue weighted by Gasteiger charge is -2.20. The number of hydrogen-bond donors (Lipinski definition) is 0. The van der Waals surface area contributed by atoms with Crippen LogP contribution in [0.3, 0.4) is 0 Å². The van der Waals surface area contributed by atoms with Crippen molar-refractivity contribution in [2.45, 2.75) is 31.2 Å². The molecule has 0 heterocycles. The van der Waals surface area contributed by atoms with Crippen molar-refractivity contribution >= 4 is 10.1 Å². The summed E-state index contributed by atoms with van der Waals surface area (Å²) < 4.78 is 62.1. The highest BCUT2D eigenvalue weighted by atomic mass is 32.2. The highest BCUT2D eigenvalue weighted by Gasteiger charge is 2.50. The third-order valence-corrected chi connectivity index (χ3v) is 4.06.